The zero-order valence-electron chi connectivity index (χ0n) is 14.0. The van der Waals surface area contributed by atoms with E-state index in [4.69, 9.17) is 4.74 Å². The van der Waals surface area contributed by atoms with Crippen molar-refractivity contribution in [2.45, 2.75) is 6.54 Å². The van der Waals surface area contributed by atoms with Gasteiger partial charge in [0.05, 0.1) is 17.9 Å². The lowest BCUT2D eigenvalue weighted by Gasteiger charge is -2.35. The van der Waals surface area contributed by atoms with Gasteiger partial charge in [0.15, 0.2) is 12.4 Å². The molecular formula is C19H22ClN3O2. The summed E-state index contributed by atoms with van der Waals surface area (Å²) in [6, 6.07) is 16.1. The van der Waals surface area contributed by atoms with Crippen molar-refractivity contribution >= 4 is 29.7 Å². The van der Waals surface area contributed by atoms with E-state index in [1.165, 1.54) is 0 Å². The molecule has 2 aliphatic rings. The van der Waals surface area contributed by atoms with Crippen molar-refractivity contribution in [2.24, 2.45) is 0 Å². The van der Waals surface area contributed by atoms with Crippen LogP contribution in [-0.2, 0) is 11.3 Å². The first-order chi connectivity index (χ1) is 11.8. The fourth-order valence-corrected chi connectivity index (χ4v) is 3.31. The fourth-order valence-electron chi connectivity index (χ4n) is 3.31. The standard InChI is InChI=1S/C19H21N3O2.ClH/c23-18-14-24-19-16(21-11-9-20-10-12-21)7-4-8-17(19)22(18)13-15-5-2-1-3-6-15;/h1-8,20H,9-14H2;1H. The van der Waals surface area contributed by atoms with Gasteiger partial charge in [-0.25, -0.2) is 0 Å². The molecule has 0 bridgehead atoms. The lowest BCUT2D eigenvalue weighted by Crippen LogP contribution is -2.44. The van der Waals surface area contributed by atoms with Crippen molar-refractivity contribution in [1.82, 2.24) is 5.32 Å². The average Bonchev–Trinajstić information content (AvgIpc) is 2.65. The van der Waals surface area contributed by atoms with Crippen molar-refractivity contribution in [2.75, 3.05) is 42.6 Å². The van der Waals surface area contributed by atoms with Gasteiger partial charge in [-0.15, -0.1) is 12.4 Å². The summed E-state index contributed by atoms with van der Waals surface area (Å²) in [7, 11) is 0. The number of anilines is 2. The number of rotatable bonds is 3. The minimum absolute atomic E-state index is 0. The number of carbonyl (C=O) groups excluding carboxylic acids is 1. The number of halogens is 1. The van der Waals surface area contributed by atoms with Crippen LogP contribution in [0.5, 0.6) is 5.75 Å². The molecule has 1 fully saturated rings. The monoisotopic (exact) mass is 359 g/mol. The topological polar surface area (TPSA) is 44.8 Å². The van der Waals surface area contributed by atoms with Crippen molar-refractivity contribution in [3.8, 4) is 5.75 Å². The molecule has 0 aromatic heterocycles. The maximum absolute atomic E-state index is 12.4. The molecule has 4 rings (SSSR count). The highest BCUT2D eigenvalue weighted by molar-refractivity contribution is 5.99. The van der Waals surface area contributed by atoms with E-state index in [2.05, 4.69) is 16.3 Å². The summed E-state index contributed by atoms with van der Waals surface area (Å²) in [5.41, 5.74) is 3.07. The predicted molar refractivity (Wildman–Crippen MR) is 102 cm³/mol. The predicted octanol–water partition coefficient (Wildman–Crippen LogP) is 2.44. The van der Waals surface area contributed by atoms with Crippen molar-refractivity contribution in [3.05, 3.63) is 54.1 Å². The van der Waals surface area contributed by atoms with Crippen molar-refractivity contribution in [3.63, 3.8) is 0 Å². The largest absolute Gasteiger partial charge is 0.479 e. The number of para-hydroxylation sites is 1. The van der Waals surface area contributed by atoms with Gasteiger partial charge >= 0.3 is 0 Å². The molecular weight excluding hydrogens is 338 g/mol. The molecule has 0 aliphatic carbocycles. The number of nitrogens with one attached hydrogen (secondary N) is 1. The summed E-state index contributed by atoms with van der Waals surface area (Å²) in [5, 5.41) is 3.37. The van der Waals surface area contributed by atoms with Crippen LogP contribution in [0.3, 0.4) is 0 Å². The number of hydrogen-bond donors (Lipinski definition) is 1. The van der Waals surface area contributed by atoms with E-state index < -0.39 is 0 Å². The first-order valence-corrected chi connectivity index (χ1v) is 8.39. The Balaban J connectivity index is 0.00000182. The van der Waals surface area contributed by atoms with Crippen LogP contribution >= 0.6 is 12.4 Å². The quantitative estimate of drug-likeness (QED) is 0.914. The molecule has 0 atom stereocenters. The number of fused-ring (bicyclic) bond motifs is 1. The lowest BCUT2D eigenvalue weighted by atomic mass is 10.1. The molecule has 2 heterocycles. The summed E-state index contributed by atoms with van der Waals surface area (Å²) < 4.78 is 5.83. The highest BCUT2D eigenvalue weighted by Gasteiger charge is 2.29. The molecule has 0 spiro atoms. The third-order valence-electron chi connectivity index (χ3n) is 4.55. The lowest BCUT2D eigenvalue weighted by molar-refractivity contribution is -0.121. The molecule has 132 valence electrons. The van der Waals surface area contributed by atoms with Crippen LogP contribution in [0.4, 0.5) is 11.4 Å². The SMILES string of the molecule is Cl.O=C1COc2c(N3CCNCC3)cccc2N1Cc1ccccc1. The van der Waals surface area contributed by atoms with E-state index in [0.29, 0.717) is 6.54 Å². The number of piperazine rings is 1. The van der Waals surface area contributed by atoms with Crippen molar-refractivity contribution in [1.29, 1.82) is 0 Å². The summed E-state index contributed by atoms with van der Waals surface area (Å²) in [5.74, 6) is 0.832. The third-order valence-corrected chi connectivity index (χ3v) is 4.55. The normalized spacial score (nSPS) is 16.7. The summed E-state index contributed by atoms with van der Waals surface area (Å²) in [6.07, 6.45) is 0. The van der Waals surface area contributed by atoms with Gasteiger partial charge in [0, 0.05) is 26.2 Å². The van der Waals surface area contributed by atoms with E-state index in [-0.39, 0.29) is 24.9 Å². The van der Waals surface area contributed by atoms with Gasteiger partial charge in [-0.2, -0.15) is 0 Å². The third kappa shape index (κ3) is 3.57. The van der Waals surface area contributed by atoms with Crippen LogP contribution < -0.4 is 19.9 Å². The second kappa shape index (κ2) is 7.76. The summed E-state index contributed by atoms with van der Waals surface area (Å²) in [6.45, 7) is 4.51. The molecule has 1 amide bonds. The van der Waals surface area contributed by atoms with Gasteiger partial charge in [-0.3, -0.25) is 4.79 Å². The van der Waals surface area contributed by atoms with Gasteiger partial charge in [0.25, 0.3) is 5.91 Å². The number of hydrogen-bond acceptors (Lipinski definition) is 4. The maximum atomic E-state index is 12.4. The van der Waals surface area contributed by atoms with Gasteiger partial charge in [-0.1, -0.05) is 36.4 Å². The zero-order chi connectivity index (χ0) is 16.4. The van der Waals surface area contributed by atoms with E-state index in [1.54, 1.807) is 0 Å². The Bertz CT molecular complexity index is 733. The molecule has 25 heavy (non-hydrogen) atoms. The van der Waals surface area contributed by atoms with E-state index in [1.807, 2.05) is 47.4 Å². The molecule has 2 aromatic carbocycles. The molecule has 6 heteroatoms. The Morgan fingerprint density at radius 2 is 1.68 bits per heavy atom. The number of carbonyl (C=O) groups is 1. The van der Waals surface area contributed by atoms with Crippen LogP contribution in [-0.4, -0.2) is 38.7 Å². The number of benzene rings is 2. The van der Waals surface area contributed by atoms with Crippen molar-refractivity contribution < 1.29 is 9.53 Å². The molecule has 0 radical (unpaired) electrons. The molecule has 2 aromatic rings. The smallest absolute Gasteiger partial charge is 0.265 e. The minimum atomic E-state index is 0. The second-order valence-corrected chi connectivity index (χ2v) is 6.12. The van der Waals surface area contributed by atoms with Gasteiger partial charge in [-0.05, 0) is 17.7 Å². The van der Waals surface area contributed by atoms with Gasteiger partial charge in [0.1, 0.15) is 0 Å². The Labute approximate surface area is 154 Å². The van der Waals surface area contributed by atoms with Gasteiger partial charge in [0.2, 0.25) is 0 Å². The first kappa shape index (κ1) is 17.6. The Morgan fingerprint density at radius 3 is 2.44 bits per heavy atom. The highest BCUT2D eigenvalue weighted by atomic mass is 35.5. The number of ether oxygens (including phenoxy) is 1. The Hall–Kier alpha value is -2.24. The average molecular weight is 360 g/mol. The van der Waals surface area contributed by atoms with E-state index in [0.717, 1.165) is 48.9 Å². The summed E-state index contributed by atoms with van der Waals surface area (Å²) >= 11 is 0. The minimum Gasteiger partial charge on any atom is -0.479 e. The second-order valence-electron chi connectivity index (χ2n) is 6.12. The summed E-state index contributed by atoms with van der Waals surface area (Å²) in [4.78, 5) is 16.6. The van der Waals surface area contributed by atoms with Crippen LogP contribution in [0.2, 0.25) is 0 Å². The maximum Gasteiger partial charge on any atom is 0.265 e. The molecule has 0 saturated carbocycles. The zero-order valence-corrected chi connectivity index (χ0v) is 14.8. The molecule has 0 unspecified atom stereocenters. The van der Waals surface area contributed by atoms with Crippen LogP contribution in [0.1, 0.15) is 5.56 Å². The highest BCUT2D eigenvalue weighted by Crippen LogP contribution is 2.41. The fraction of sp³-hybridized carbons (Fsp3) is 0.316. The molecule has 5 nitrogen and oxygen atoms in total. The van der Waals surface area contributed by atoms with Crippen LogP contribution in [0.25, 0.3) is 0 Å². The number of nitrogens with zero attached hydrogens (tertiary/aromatic N) is 2. The van der Waals surface area contributed by atoms with E-state index >= 15 is 0 Å². The number of amides is 1. The van der Waals surface area contributed by atoms with Crippen LogP contribution in [0.15, 0.2) is 48.5 Å². The first-order valence-electron chi connectivity index (χ1n) is 8.39. The van der Waals surface area contributed by atoms with Gasteiger partial charge < -0.3 is 19.9 Å². The Morgan fingerprint density at radius 1 is 0.960 bits per heavy atom. The molecule has 2 aliphatic heterocycles. The van der Waals surface area contributed by atoms with Crippen LogP contribution in [0, 0.1) is 0 Å². The molecule has 1 N–H and O–H groups in total. The van der Waals surface area contributed by atoms with E-state index in [9.17, 15) is 4.79 Å². The Kier molecular flexibility index (Phi) is 5.46. The molecule has 1 saturated heterocycles.